The molecule has 2 aromatic carbocycles. The molecule has 3 N–H and O–H groups in total. The van der Waals surface area contributed by atoms with E-state index in [2.05, 4.69) is 35.5 Å². The summed E-state index contributed by atoms with van der Waals surface area (Å²) in [6.45, 7) is 2.02. The summed E-state index contributed by atoms with van der Waals surface area (Å²) in [5.41, 5.74) is 4.78. The Balaban J connectivity index is 1.40. The van der Waals surface area contributed by atoms with Crippen molar-refractivity contribution in [2.24, 2.45) is 0 Å². The molecule has 0 unspecified atom stereocenters. The Morgan fingerprint density at radius 2 is 1.92 bits per heavy atom. The summed E-state index contributed by atoms with van der Waals surface area (Å²) in [5, 5.41) is 10.7. The summed E-state index contributed by atoms with van der Waals surface area (Å²) in [6, 6.07) is 12.8. The number of unbranched alkanes of at least 4 members (excludes halogenated alkanes) is 1. The Morgan fingerprint density at radius 3 is 2.77 bits per heavy atom. The second-order valence-electron chi connectivity index (χ2n) is 9.22. The number of amides is 1. The zero-order valence-electron chi connectivity index (χ0n) is 20.9. The number of nitrogens with zero attached hydrogens (tertiary/aromatic N) is 4. The molecule has 39 heavy (non-hydrogen) atoms. The normalized spacial score (nSPS) is 11.4. The van der Waals surface area contributed by atoms with Crippen LogP contribution in [0.3, 0.4) is 0 Å². The molecule has 0 atom stereocenters. The van der Waals surface area contributed by atoms with E-state index in [1.807, 2.05) is 13.0 Å². The van der Waals surface area contributed by atoms with Gasteiger partial charge in [-0.25, -0.2) is 18.7 Å². The number of hydrogen-bond acceptors (Lipinski definition) is 5. The van der Waals surface area contributed by atoms with E-state index in [0.717, 1.165) is 18.4 Å². The lowest BCUT2D eigenvalue weighted by molar-refractivity contribution is -0.116. The van der Waals surface area contributed by atoms with Crippen molar-refractivity contribution in [2.75, 3.05) is 5.32 Å². The number of anilines is 1. The summed E-state index contributed by atoms with van der Waals surface area (Å²) >= 11 is 0. The third-order valence-electron chi connectivity index (χ3n) is 6.49. The lowest BCUT2D eigenvalue weighted by atomic mass is 10.0. The zero-order chi connectivity index (χ0) is 26.9. The largest absolute Gasteiger partial charge is 0.335 e. The minimum absolute atomic E-state index is 0.111. The third kappa shape index (κ3) is 4.72. The van der Waals surface area contributed by atoms with Gasteiger partial charge in [-0.1, -0.05) is 25.5 Å². The Morgan fingerprint density at radius 1 is 1.03 bits per heavy atom. The van der Waals surface area contributed by atoms with Crippen LogP contribution in [0.1, 0.15) is 26.2 Å². The van der Waals surface area contributed by atoms with Crippen LogP contribution in [0.4, 0.5) is 14.5 Å². The zero-order valence-corrected chi connectivity index (χ0v) is 20.9. The number of carbonyl (C=O) groups excluding carboxylic acids is 1. The molecule has 194 valence electrons. The molecule has 4 heterocycles. The lowest BCUT2D eigenvalue weighted by Gasteiger charge is -2.08. The topological polar surface area (TPSA) is 112 Å². The highest BCUT2D eigenvalue weighted by Crippen LogP contribution is 2.34. The van der Waals surface area contributed by atoms with Crippen LogP contribution in [-0.4, -0.2) is 36.0 Å². The number of pyridine rings is 2. The highest BCUT2D eigenvalue weighted by molar-refractivity contribution is 5.98. The van der Waals surface area contributed by atoms with E-state index in [0.29, 0.717) is 62.4 Å². The molecule has 1 amide bonds. The third-order valence-corrected chi connectivity index (χ3v) is 6.49. The molecule has 0 saturated heterocycles. The molecule has 8 nitrogen and oxygen atoms in total. The average molecular weight is 524 g/mol. The van der Waals surface area contributed by atoms with Crippen molar-refractivity contribution in [3.05, 3.63) is 78.8 Å². The number of rotatable bonds is 7. The molecular formula is C29H23F2N7O. The van der Waals surface area contributed by atoms with Gasteiger partial charge in [-0.3, -0.25) is 14.9 Å². The lowest BCUT2D eigenvalue weighted by Crippen LogP contribution is -2.11. The summed E-state index contributed by atoms with van der Waals surface area (Å²) in [4.78, 5) is 28.6. The van der Waals surface area contributed by atoms with Crippen molar-refractivity contribution in [2.45, 2.75) is 26.2 Å². The van der Waals surface area contributed by atoms with E-state index in [4.69, 9.17) is 0 Å². The van der Waals surface area contributed by atoms with E-state index in [9.17, 15) is 9.18 Å². The first-order valence-electron chi connectivity index (χ1n) is 12.5. The van der Waals surface area contributed by atoms with Crippen LogP contribution in [0.2, 0.25) is 0 Å². The molecule has 0 fully saturated rings. The Bertz CT molecular complexity index is 1840. The van der Waals surface area contributed by atoms with Gasteiger partial charge < -0.3 is 10.3 Å². The molecular weight excluding hydrogens is 500 g/mol. The molecule has 4 aromatic heterocycles. The fraction of sp³-hybridized carbons (Fsp3) is 0.138. The van der Waals surface area contributed by atoms with Crippen molar-refractivity contribution in [3.63, 3.8) is 0 Å². The van der Waals surface area contributed by atoms with Gasteiger partial charge in [0, 0.05) is 47.0 Å². The first-order chi connectivity index (χ1) is 19.0. The summed E-state index contributed by atoms with van der Waals surface area (Å²) in [6.07, 6.45) is 6.80. The van der Waals surface area contributed by atoms with Gasteiger partial charge >= 0.3 is 0 Å². The quantitative estimate of drug-likeness (QED) is 0.217. The maximum atomic E-state index is 15.2. The SMILES string of the molecule is CCCCC(=O)Nc1cncc(-c2cc3c(-c4nc5nccc(-c6cccc(F)c6)c5[nH]4)n[nH]c3cc2F)c1. The molecule has 0 bridgehead atoms. The second kappa shape index (κ2) is 10.1. The minimum atomic E-state index is -0.464. The number of aromatic nitrogens is 6. The predicted octanol–water partition coefficient (Wildman–Crippen LogP) is 6.64. The monoisotopic (exact) mass is 523 g/mol. The van der Waals surface area contributed by atoms with Gasteiger partial charge in [-0.2, -0.15) is 5.10 Å². The molecule has 0 spiro atoms. The van der Waals surface area contributed by atoms with Crippen LogP contribution in [0.25, 0.3) is 55.8 Å². The van der Waals surface area contributed by atoms with Gasteiger partial charge in [0.15, 0.2) is 11.5 Å². The van der Waals surface area contributed by atoms with Crippen LogP contribution in [0, 0.1) is 11.6 Å². The number of carbonyl (C=O) groups is 1. The molecule has 0 radical (unpaired) electrons. The molecule has 10 heteroatoms. The molecule has 6 rings (SSSR count). The Kier molecular flexibility index (Phi) is 6.28. The average Bonchev–Trinajstić information content (AvgIpc) is 3.55. The highest BCUT2D eigenvalue weighted by atomic mass is 19.1. The highest BCUT2D eigenvalue weighted by Gasteiger charge is 2.18. The molecule has 6 aromatic rings. The van der Waals surface area contributed by atoms with Gasteiger partial charge in [0.2, 0.25) is 5.91 Å². The van der Waals surface area contributed by atoms with Crippen LogP contribution >= 0.6 is 0 Å². The Hall–Kier alpha value is -4.99. The number of benzene rings is 2. The van der Waals surface area contributed by atoms with Crippen molar-refractivity contribution < 1.29 is 13.6 Å². The van der Waals surface area contributed by atoms with Crippen LogP contribution in [-0.2, 0) is 4.79 Å². The van der Waals surface area contributed by atoms with E-state index in [1.54, 1.807) is 36.7 Å². The van der Waals surface area contributed by atoms with E-state index in [1.165, 1.54) is 24.4 Å². The molecule has 0 aliphatic carbocycles. The number of hydrogen-bond donors (Lipinski definition) is 3. The van der Waals surface area contributed by atoms with E-state index >= 15 is 4.39 Å². The van der Waals surface area contributed by atoms with Crippen molar-refractivity contribution in [1.82, 2.24) is 30.1 Å². The standard InChI is InChI=1S/C29H23F2N7O/c1-2-3-7-25(39)34-19-11-17(14-32-15-19)21-12-22-24(13-23(21)31)37-38-27(22)29-35-26-20(8-9-33-28(26)36-29)16-5-4-6-18(30)10-16/h4-6,8-15H,2-3,7H2,1H3,(H,34,39)(H,37,38)(H,33,35,36). The number of halogens is 2. The number of nitrogens with one attached hydrogen (secondary N) is 3. The molecule has 0 aliphatic rings. The first-order valence-corrected chi connectivity index (χ1v) is 12.5. The van der Waals surface area contributed by atoms with Crippen molar-refractivity contribution >= 4 is 33.7 Å². The first kappa shape index (κ1) is 24.4. The summed E-state index contributed by atoms with van der Waals surface area (Å²) in [7, 11) is 0. The maximum absolute atomic E-state index is 15.2. The van der Waals surface area contributed by atoms with Gasteiger partial charge in [0.25, 0.3) is 0 Å². The fourth-order valence-corrected chi connectivity index (χ4v) is 4.58. The number of aromatic amines is 2. The number of imidazole rings is 1. The molecule has 0 saturated carbocycles. The minimum Gasteiger partial charge on any atom is -0.335 e. The predicted molar refractivity (Wildman–Crippen MR) is 146 cm³/mol. The molecule has 0 aliphatic heterocycles. The van der Waals surface area contributed by atoms with E-state index < -0.39 is 5.82 Å². The van der Waals surface area contributed by atoms with Crippen molar-refractivity contribution in [1.29, 1.82) is 0 Å². The van der Waals surface area contributed by atoms with Crippen molar-refractivity contribution in [3.8, 4) is 33.8 Å². The van der Waals surface area contributed by atoms with E-state index in [-0.39, 0.29) is 11.7 Å². The number of fused-ring (bicyclic) bond motifs is 2. The second-order valence-corrected chi connectivity index (χ2v) is 9.22. The van der Waals surface area contributed by atoms with Crippen LogP contribution in [0.15, 0.2) is 67.1 Å². The fourth-order valence-electron chi connectivity index (χ4n) is 4.58. The van der Waals surface area contributed by atoms with Crippen LogP contribution < -0.4 is 5.32 Å². The van der Waals surface area contributed by atoms with Crippen LogP contribution in [0.5, 0.6) is 0 Å². The van der Waals surface area contributed by atoms with Gasteiger partial charge in [0.05, 0.1) is 22.9 Å². The van der Waals surface area contributed by atoms with Gasteiger partial charge in [-0.05, 0) is 42.3 Å². The van der Waals surface area contributed by atoms with Gasteiger partial charge in [-0.15, -0.1) is 0 Å². The summed E-state index contributed by atoms with van der Waals surface area (Å²) < 4.78 is 29.1. The maximum Gasteiger partial charge on any atom is 0.224 e. The number of H-pyrrole nitrogens is 2. The van der Waals surface area contributed by atoms with Gasteiger partial charge in [0.1, 0.15) is 17.3 Å². The summed E-state index contributed by atoms with van der Waals surface area (Å²) in [5.74, 6) is -0.488. The Labute approximate surface area is 221 Å². The smallest absolute Gasteiger partial charge is 0.224 e.